The van der Waals surface area contributed by atoms with Crippen LogP contribution in [0.1, 0.15) is 37.8 Å². The predicted octanol–water partition coefficient (Wildman–Crippen LogP) is 2.80. The van der Waals surface area contributed by atoms with E-state index in [0.29, 0.717) is 5.41 Å². The number of nitrogens with zero attached hydrogens (tertiary/aromatic N) is 1. The van der Waals surface area contributed by atoms with Crippen LogP contribution in [0.15, 0.2) is 24.3 Å². The third-order valence-electron chi connectivity index (χ3n) is 3.82. The summed E-state index contributed by atoms with van der Waals surface area (Å²) >= 11 is 0. The van der Waals surface area contributed by atoms with Gasteiger partial charge in [-0.05, 0) is 42.5 Å². The predicted molar refractivity (Wildman–Crippen MR) is 70.7 cm³/mol. The normalized spacial score (nSPS) is 20.4. The second-order valence-corrected chi connectivity index (χ2v) is 5.91. The van der Waals surface area contributed by atoms with E-state index in [4.69, 9.17) is 5.11 Å². The van der Waals surface area contributed by atoms with Crippen LogP contribution in [0.3, 0.4) is 0 Å². The molecule has 1 saturated heterocycles. The maximum Gasteiger partial charge on any atom is 0.0681 e. The summed E-state index contributed by atoms with van der Waals surface area (Å²) in [6, 6.07) is 8.29. The lowest BCUT2D eigenvalue weighted by atomic mass is 9.82. The number of benzene rings is 1. The zero-order valence-electron chi connectivity index (χ0n) is 10.9. The number of hydrogen-bond acceptors (Lipinski definition) is 2. The van der Waals surface area contributed by atoms with Crippen molar-refractivity contribution in [3.63, 3.8) is 0 Å². The first-order valence-corrected chi connectivity index (χ1v) is 6.50. The Bertz CT molecular complexity index is 346. The second-order valence-electron chi connectivity index (χ2n) is 5.91. The van der Waals surface area contributed by atoms with Crippen LogP contribution in [0.4, 0.5) is 0 Å². The van der Waals surface area contributed by atoms with Crippen molar-refractivity contribution in [1.82, 2.24) is 4.90 Å². The maximum absolute atomic E-state index is 9.00. The Morgan fingerprint density at radius 2 is 1.59 bits per heavy atom. The smallest absolute Gasteiger partial charge is 0.0681 e. The van der Waals surface area contributed by atoms with E-state index in [1.165, 1.54) is 31.5 Å². The molecule has 17 heavy (non-hydrogen) atoms. The van der Waals surface area contributed by atoms with E-state index >= 15 is 0 Å². The Hall–Kier alpha value is -0.860. The highest BCUT2D eigenvalue weighted by Crippen LogP contribution is 2.30. The molecule has 0 radical (unpaired) electrons. The molecule has 0 unspecified atom stereocenters. The molecule has 0 amide bonds. The van der Waals surface area contributed by atoms with Crippen LogP contribution in [0.2, 0.25) is 0 Å². The highest BCUT2D eigenvalue weighted by molar-refractivity contribution is 5.21. The van der Waals surface area contributed by atoms with Gasteiger partial charge in [-0.15, -0.1) is 0 Å². The van der Waals surface area contributed by atoms with E-state index in [9.17, 15) is 0 Å². The van der Waals surface area contributed by atoms with Crippen molar-refractivity contribution < 1.29 is 5.11 Å². The van der Waals surface area contributed by atoms with Gasteiger partial charge >= 0.3 is 0 Å². The molecule has 1 fully saturated rings. The van der Waals surface area contributed by atoms with Gasteiger partial charge in [-0.3, -0.25) is 4.90 Å². The van der Waals surface area contributed by atoms with E-state index < -0.39 is 0 Å². The average Bonchev–Trinajstić information content (AvgIpc) is 2.33. The molecule has 1 aromatic carbocycles. The molecule has 1 aromatic rings. The van der Waals surface area contributed by atoms with Crippen LogP contribution in [0.25, 0.3) is 0 Å². The standard InChI is InChI=1S/C15H23NO/c1-15(2)7-9-16(10-8-15)11-13-3-5-14(12-17)6-4-13/h3-6,17H,7-12H2,1-2H3. The van der Waals surface area contributed by atoms with Gasteiger partial charge in [-0.2, -0.15) is 0 Å². The van der Waals surface area contributed by atoms with Crippen LogP contribution in [0.5, 0.6) is 0 Å². The van der Waals surface area contributed by atoms with Crippen molar-refractivity contribution in [3.8, 4) is 0 Å². The van der Waals surface area contributed by atoms with Crippen LogP contribution in [0, 0.1) is 5.41 Å². The Morgan fingerprint density at radius 1 is 1.06 bits per heavy atom. The average molecular weight is 233 g/mol. The van der Waals surface area contributed by atoms with E-state index in [1.54, 1.807) is 0 Å². The molecule has 1 heterocycles. The molecule has 1 aliphatic rings. The number of aliphatic hydroxyl groups excluding tert-OH is 1. The highest BCUT2D eigenvalue weighted by atomic mass is 16.3. The van der Waals surface area contributed by atoms with Crippen molar-refractivity contribution in [2.45, 2.75) is 39.8 Å². The summed E-state index contributed by atoms with van der Waals surface area (Å²) in [6.07, 6.45) is 2.59. The summed E-state index contributed by atoms with van der Waals surface area (Å²) in [5.41, 5.74) is 2.87. The van der Waals surface area contributed by atoms with E-state index in [0.717, 1.165) is 12.1 Å². The minimum absolute atomic E-state index is 0.137. The maximum atomic E-state index is 9.00. The second kappa shape index (κ2) is 5.19. The fourth-order valence-electron chi connectivity index (χ4n) is 2.32. The van der Waals surface area contributed by atoms with Gasteiger partial charge < -0.3 is 5.11 Å². The van der Waals surface area contributed by atoms with Gasteiger partial charge in [0.25, 0.3) is 0 Å². The summed E-state index contributed by atoms with van der Waals surface area (Å²) in [7, 11) is 0. The number of hydrogen-bond donors (Lipinski definition) is 1. The molecule has 0 saturated carbocycles. The number of piperidine rings is 1. The Balaban J connectivity index is 1.89. The third kappa shape index (κ3) is 3.55. The SMILES string of the molecule is CC1(C)CCN(Cc2ccc(CO)cc2)CC1. The van der Waals surface area contributed by atoms with Gasteiger partial charge in [0.1, 0.15) is 0 Å². The molecule has 94 valence electrons. The van der Waals surface area contributed by atoms with Crippen molar-refractivity contribution in [3.05, 3.63) is 35.4 Å². The summed E-state index contributed by atoms with van der Waals surface area (Å²) < 4.78 is 0. The quantitative estimate of drug-likeness (QED) is 0.867. The summed E-state index contributed by atoms with van der Waals surface area (Å²) in [6.45, 7) is 8.31. The molecule has 0 aromatic heterocycles. The third-order valence-corrected chi connectivity index (χ3v) is 3.82. The molecule has 2 nitrogen and oxygen atoms in total. The summed E-state index contributed by atoms with van der Waals surface area (Å²) in [4.78, 5) is 2.53. The largest absolute Gasteiger partial charge is 0.392 e. The lowest BCUT2D eigenvalue weighted by Crippen LogP contribution is -2.36. The lowest BCUT2D eigenvalue weighted by molar-refractivity contribution is 0.127. The van der Waals surface area contributed by atoms with Crippen LogP contribution in [-0.4, -0.2) is 23.1 Å². The van der Waals surface area contributed by atoms with Crippen molar-refractivity contribution in [1.29, 1.82) is 0 Å². The Labute approximate surface area is 104 Å². The van der Waals surface area contributed by atoms with Crippen molar-refractivity contribution >= 4 is 0 Å². The Kier molecular flexibility index (Phi) is 3.85. The molecule has 1 aliphatic heterocycles. The minimum atomic E-state index is 0.137. The van der Waals surface area contributed by atoms with Gasteiger partial charge in [-0.1, -0.05) is 38.1 Å². The van der Waals surface area contributed by atoms with Crippen molar-refractivity contribution in [2.24, 2.45) is 5.41 Å². The molecule has 1 N–H and O–H groups in total. The van der Waals surface area contributed by atoms with E-state index in [-0.39, 0.29) is 6.61 Å². The summed E-state index contributed by atoms with van der Waals surface area (Å²) in [5.74, 6) is 0. The van der Waals surface area contributed by atoms with Gasteiger partial charge in [0.2, 0.25) is 0 Å². The van der Waals surface area contributed by atoms with Gasteiger partial charge in [0.05, 0.1) is 6.61 Å². The zero-order chi connectivity index (χ0) is 12.3. The van der Waals surface area contributed by atoms with Crippen LogP contribution < -0.4 is 0 Å². The zero-order valence-corrected chi connectivity index (χ0v) is 10.9. The first-order chi connectivity index (χ1) is 8.09. The number of likely N-dealkylation sites (tertiary alicyclic amines) is 1. The van der Waals surface area contributed by atoms with Crippen LogP contribution in [-0.2, 0) is 13.2 Å². The van der Waals surface area contributed by atoms with Gasteiger partial charge in [0, 0.05) is 6.54 Å². The summed E-state index contributed by atoms with van der Waals surface area (Å²) in [5, 5.41) is 9.00. The minimum Gasteiger partial charge on any atom is -0.392 e. The molecule has 2 rings (SSSR count). The molecule has 0 atom stereocenters. The van der Waals surface area contributed by atoms with Crippen molar-refractivity contribution in [2.75, 3.05) is 13.1 Å². The molecule has 0 aliphatic carbocycles. The fraction of sp³-hybridized carbons (Fsp3) is 0.600. The van der Waals surface area contributed by atoms with Gasteiger partial charge in [0.15, 0.2) is 0 Å². The highest BCUT2D eigenvalue weighted by Gasteiger charge is 2.24. The first kappa shape index (κ1) is 12.6. The molecular formula is C15H23NO. The Morgan fingerprint density at radius 3 is 2.12 bits per heavy atom. The molecular weight excluding hydrogens is 210 g/mol. The number of rotatable bonds is 3. The lowest BCUT2D eigenvalue weighted by Gasteiger charge is -2.36. The van der Waals surface area contributed by atoms with Crippen LogP contribution >= 0.6 is 0 Å². The monoisotopic (exact) mass is 233 g/mol. The first-order valence-electron chi connectivity index (χ1n) is 6.50. The van der Waals surface area contributed by atoms with Gasteiger partial charge in [-0.25, -0.2) is 0 Å². The number of aliphatic hydroxyl groups is 1. The van der Waals surface area contributed by atoms with E-state index in [2.05, 4.69) is 30.9 Å². The topological polar surface area (TPSA) is 23.5 Å². The molecule has 2 heteroatoms. The fourth-order valence-corrected chi connectivity index (χ4v) is 2.32. The molecule has 0 spiro atoms. The molecule has 0 bridgehead atoms. The van der Waals surface area contributed by atoms with E-state index in [1.807, 2.05) is 12.1 Å².